The van der Waals surface area contributed by atoms with E-state index in [1.54, 1.807) is 0 Å². The highest BCUT2D eigenvalue weighted by Crippen LogP contribution is 2.49. The highest BCUT2D eigenvalue weighted by atomic mass is 28.4. The fraction of sp³-hybridized carbons (Fsp3) is 0.824. The number of hydrogen-bond acceptors (Lipinski definition) is 2. The number of Topliss-reactive ketones (excluding diaryl/α,β-unsaturated/α-hetero) is 1. The smallest absolute Gasteiger partial charge is 0.192 e. The molecule has 0 N–H and O–H groups in total. The van der Waals surface area contributed by atoms with Gasteiger partial charge in [0.2, 0.25) is 0 Å². The second-order valence-corrected chi connectivity index (χ2v) is 13.1. The molecule has 2 aliphatic carbocycles. The molecule has 0 aromatic heterocycles. The third-order valence-corrected chi connectivity index (χ3v) is 10.2. The van der Waals surface area contributed by atoms with Gasteiger partial charge in [-0.25, -0.2) is 0 Å². The summed E-state index contributed by atoms with van der Waals surface area (Å²) in [5, 5.41) is 0.198. The van der Waals surface area contributed by atoms with Crippen molar-refractivity contribution in [1.29, 1.82) is 0 Å². The molecule has 0 aromatic rings. The first-order valence-corrected chi connectivity index (χ1v) is 10.9. The molecule has 0 aromatic carbocycles. The van der Waals surface area contributed by atoms with Crippen LogP contribution in [0.1, 0.15) is 53.4 Å². The average molecular weight is 295 g/mol. The Hall–Kier alpha value is -0.413. The second kappa shape index (κ2) is 5.10. The lowest BCUT2D eigenvalue weighted by atomic mass is 9.66. The molecule has 0 heterocycles. The van der Waals surface area contributed by atoms with Crippen LogP contribution < -0.4 is 0 Å². The van der Waals surface area contributed by atoms with E-state index in [0.717, 1.165) is 25.7 Å². The number of carbonyl (C=O) groups is 1. The Kier molecular flexibility index (Phi) is 4.07. The molecule has 0 amide bonds. The third kappa shape index (κ3) is 2.67. The Bertz CT molecular complexity index is 409. The normalized spacial score (nSPS) is 30.2. The molecule has 20 heavy (non-hydrogen) atoms. The first-order chi connectivity index (χ1) is 9.08. The molecule has 1 saturated carbocycles. The zero-order valence-electron chi connectivity index (χ0n) is 14.0. The lowest BCUT2D eigenvalue weighted by molar-refractivity contribution is -0.140. The maximum atomic E-state index is 12.7. The lowest BCUT2D eigenvalue weighted by Gasteiger charge is -2.48. The molecule has 1 spiro atoms. The summed E-state index contributed by atoms with van der Waals surface area (Å²) in [6, 6.07) is 0. The predicted molar refractivity (Wildman–Crippen MR) is 86.3 cm³/mol. The van der Waals surface area contributed by atoms with Crippen LogP contribution in [0.5, 0.6) is 0 Å². The molecular weight excluding hydrogens is 264 g/mol. The van der Waals surface area contributed by atoms with Crippen LogP contribution in [-0.4, -0.2) is 20.2 Å². The van der Waals surface area contributed by atoms with E-state index < -0.39 is 8.32 Å². The molecule has 0 aliphatic heterocycles. The second-order valence-electron chi connectivity index (χ2n) is 8.37. The molecule has 114 valence electrons. The summed E-state index contributed by atoms with van der Waals surface area (Å²) in [6.07, 6.45) is 8.02. The van der Waals surface area contributed by atoms with E-state index in [0.29, 0.717) is 11.7 Å². The average Bonchev–Trinajstić information content (AvgIpc) is 2.74. The number of carbonyl (C=O) groups excluding carboxylic acids is 1. The minimum absolute atomic E-state index is 0.120. The summed E-state index contributed by atoms with van der Waals surface area (Å²) in [5.74, 6) is 0.897. The SMILES string of the molecule is C[C@H]1CC(=O)C2(CC=CC2)C(O[Si](C)(C)C(C)(C)C)C1. The first kappa shape index (κ1) is 16.0. The van der Waals surface area contributed by atoms with Gasteiger partial charge in [-0.05, 0) is 43.3 Å². The Morgan fingerprint density at radius 3 is 2.30 bits per heavy atom. The van der Waals surface area contributed by atoms with Crippen molar-refractivity contribution < 1.29 is 9.22 Å². The number of allylic oxidation sites excluding steroid dienone is 2. The summed E-state index contributed by atoms with van der Waals surface area (Å²) in [6.45, 7) is 13.6. The minimum Gasteiger partial charge on any atom is -0.413 e. The zero-order valence-corrected chi connectivity index (χ0v) is 15.0. The van der Waals surface area contributed by atoms with Crippen LogP contribution in [0.4, 0.5) is 0 Å². The Labute approximate surface area is 125 Å². The topological polar surface area (TPSA) is 26.3 Å². The van der Waals surface area contributed by atoms with E-state index in [1.807, 2.05) is 0 Å². The molecule has 2 aliphatic rings. The van der Waals surface area contributed by atoms with Gasteiger partial charge in [0.05, 0.1) is 11.5 Å². The van der Waals surface area contributed by atoms with E-state index in [9.17, 15) is 4.79 Å². The maximum Gasteiger partial charge on any atom is 0.192 e. The quantitative estimate of drug-likeness (QED) is 0.544. The van der Waals surface area contributed by atoms with Crippen molar-refractivity contribution in [3.05, 3.63) is 12.2 Å². The molecule has 0 bridgehead atoms. The first-order valence-electron chi connectivity index (χ1n) is 7.95. The molecule has 1 unspecified atom stereocenters. The number of hydrogen-bond donors (Lipinski definition) is 0. The van der Waals surface area contributed by atoms with Crippen molar-refractivity contribution >= 4 is 14.1 Å². The van der Waals surface area contributed by atoms with Crippen LogP contribution in [0.3, 0.4) is 0 Å². The lowest BCUT2D eigenvalue weighted by Crippen LogP contribution is -2.54. The van der Waals surface area contributed by atoms with E-state index in [-0.39, 0.29) is 16.6 Å². The van der Waals surface area contributed by atoms with Crippen molar-refractivity contribution in [2.75, 3.05) is 0 Å². The van der Waals surface area contributed by atoms with Gasteiger partial charge in [-0.15, -0.1) is 0 Å². The standard InChI is InChI=1S/C17H30O2Si/c1-13-11-14(18)17(9-7-8-10-17)15(12-13)19-20(5,6)16(2,3)4/h7-8,13,15H,9-12H2,1-6H3/t13-,15?/m0/s1. The van der Waals surface area contributed by atoms with Crippen molar-refractivity contribution in [2.45, 2.75) is 77.6 Å². The minimum atomic E-state index is -1.83. The van der Waals surface area contributed by atoms with Crippen LogP contribution >= 0.6 is 0 Å². The van der Waals surface area contributed by atoms with E-state index in [4.69, 9.17) is 4.43 Å². The molecule has 2 nitrogen and oxygen atoms in total. The number of rotatable bonds is 2. The van der Waals surface area contributed by atoms with Gasteiger partial charge in [0.25, 0.3) is 0 Å². The highest BCUT2D eigenvalue weighted by molar-refractivity contribution is 6.74. The van der Waals surface area contributed by atoms with Gasteiger partial charge in [0, 0.05) is 6.42 Å². The molecule has 1 fully saturated rings. The maximum absolute atomic E-state index is 12.7. The van der Waals surface area contributed by atoms with Crippen molar-refractivity contribution in [3.63, 3.8) is 0 Å². The van der Waals surface area contributed by atoms with Crippen molar-refractivity contribution in [1.82, 2.24) is 0 Å². The largest absolute Gasteiger partial charge is 0.413 e. The Balaban J connectivity index is 2.25. The van der Waals surface area contributed by atoms with Crippen LogP contribution in [0.15, 0.2) is 12.2 Å². The van der Waals surface area contributed by atoms with Gasteiger partial charge in [-0.3, -0.25) is 4.79 Å². The molecular formula is C17H30O2Si. The Morgan fingerprint density at radius 1 is 1.25 bits per heavy atom. The van der Waals surface area contributed by atoms with Gasteiger partial charge in [0.15, 0.2) is 8.32 Å². The number of ketones is 1. The Morgan fingerprint density at radius 2 is 1.80 bits per heavy atom. The molecule has 2 atom stereocenters. The fourth-order valence-electron chi connectivity index (χ4n) is 3.23. The summed E-state index contributed by atoms with van der Waals surface area (Å²) in [4.78, 5) is 12.7. The van der Waals surface area contributed by atoms with Crippen LogP contribution in [0.25, 0.3) is 0 Å². The summed E-state index contributed by atoms with van der Waals surface area (Å²) in [7, 11) is -1.83. The van der Waals surface area contributed by atoms with Gasteiger partial charge in [0.1, 0.15) is 5.78 Å². The van der Waals surface area contributed by atoms with Gasteiger partial charge in [-0.1, -0.05) is 39.8 Å². The van der Waals surface area contributed by atoms with E-state index in [1.165, 1.54) is 0 Å². The highest BCUT2D eigenvalue weighted by Gasteiger charge is 2.52. The fourth-order valence-corrected chi connectivity index (χ4v) is 4.61. The van der Waals surface area contributed by atoms with E-state index >= 15 is 0 Å². The van der Waals surface area contributed by atoms with Gasteiger partial charge < -0.3 is 4.43 Å². The molecule has 0 radical (unpaired) electrons. The zero-order chi connectivity index (χ0) is 15.2. The van der Waals surface area contributed by atoms with Gasteiger partial charge >= 0.3 is 0 Å². The summed E-state index contributed by atoms with van der Waals surface area (Å²) < 4.78 is 6.70. The summed E-state index contributed by atoms with van der Waals surface area (Å²) >= 11 is 0. The predicted octanol–water partition coefficient (Wildman–Crippen LogP) is 4.71. The van der Waals surface area contributed by atoms with E-state index in [2.05, 4.69) is 52.9 Å². The van der Waals surface area contributed by atoms with Crippen LogP contribution in [0.2, 0.25) is 18.1 Å². The van der Waals surface area contributed by atoms with Crippen LogP contribution in [0, 0.1) is 11.3 Å². The monoisotopic (exact) mass is 294 g/mol. The van der Waals surface area contributed by atoms with Crippen molar-refractivity contribution in [2.24, 2.45) is 11.3 Å². The summed E-state index contributed by atoms with van der Waals surface area (Å²) in [5.41, 5.74) is -0.234. The van der Waals surface area contributed by atoms with Crippen LogP contribution in [-0.2, 0) is 9.22 Å². The van der Waals surface area contributed by atoms with Gasteiger partial charge in [-0.2, -0.15) is 0 Å². The van der Waals surface area contributed by atoms with Crippen molar-refractivity contribution in [3.8, 4) is 0 Å². The molecule has 3 heteroatoms. The molecule has 0 saturated heterocycles. The molecule has 2 rings (SSSR count). The third-order valence-electron chi connectivity index (χ3n) is 5.70.